The number of hydrogen-bond donors (Lipinski definition) is 0. The highest BCUT2D eigenvalue weighted by Crippen LogP contribution is 2.22. The number of halogens is 1. The standard InChI is InChI=1S/C10H7ClN8O/c1-20-8-6(13-2-3-14-8)7-16-9(11)18-10(17-7)19-5-12-4-15-19/h2-5H,1H3. The zero-order valence-electron chi connectivity index (χ0n) is 10.2. The van der Waals surface area contributed by atoms with Crippen LogP contribution in [-0.2, 0) is 0 Å². The fourth-order valence-corrected chi connectivity index (χ4v) is 1.64. The number of ether oxygens (including phenoxy) is 1. The Labute approximate surface area is 117 Å². The molecule has 0 spiro atoms. The SMILES string of the molecule is COc1nccnc1-c1nc(Cl)nc(-n2cncn2)n1. The van der Waals surface area contributed by atoms with Crippen molar-refractivity contribution >= 4 is 11.6 Å². The number of hydrogen-bond acceptors (Lipinski definition) is 8. The van der Waals surface area contributed by atoms with Gasteiger partial charge in [-0.25, -0.2) is 15.0 Å². The molecule has 0 amide bonds. The van der Waals surface area contributed by atoms with Crippen LogP contribution in [0.25, 0.3) is 17.5 Å². The average Bonchev–Trinajstić information content (AvgIpc) is 3.01. The van der Waals surface area contributed by atoms with E-state index in [2.05, 4.69) is 35.0 Å². The van der Waals surface area contributed by atoms with Gasteiger partial charge in [-0.1, -0.05) is 0 Å². The molecular formula is C10H7ClN8O. The summed E-state index contributed by atoms with van der Waals surface area (Å²) in [4.78, 5) is 24.2. The maximum absolute atomic E-state index is 5.90. The highest BCUT2D eigenvalue weighted by molar-refractivity contribution is 6.28. The minimum Gasteiger partial charge on any atom is -0.479 e. The summed E-state index contributed by atoms with van der Waals surface area (Å²) in [5, 5.41) is 3.94. The lowest BCUT2D eigenvalue weighted by Gasteiger charge is -2.06. The molecule has 0 N–H and O–H groups in total. The first kappa shape index (κ1) is 12.4. The molecule has 0 aromatic carbocycles. The highest BCUT2D eigenvalue weighted by atomic mass is 35.5. The van der Waals surface area contributed by atoms with E-state index >= 15 is 0 Å². The van der Waals surface area contributed by atoms with Crippen LogP contribution in [0, 0.1) is 0 Å². The average molecular weight is 291 g/mol. The smallest absolute Gasteiger partial charge is 0.256 e. The summed E-state index contributed by atoms with van der Waals surface area (Å²) >= 11 is 5.90. The Morgan fingerprint density at radius 2 is 2.00 bits per heavy atom. The zero-order valence-corrected chi connectivity index (χ0v) is 10.9. The molecule has 0 saturated heterocycles. The van der Waals surface area contributed by atoms with Gasteiger partial charge in [-0.2, -0.15) is 24.7 Å². The van der Waals surface area contributed by atoms with Gasteiger partial charge in [0, 0.05) is 12.4 Å². The van der Waals surface area contributed by atoms with Crippen molar-refractivity contribution in [1.82, 2.24) is 39.7 Å². The van der Waals surface area contributed by atoms with Gasteiger partial charge in [0.15, 0.2) is 11.5 Å². The van der Waals surface area contributed by atoms with E-state index in [0.29, 0.717) is 11.6 Å². The van der Waals surface area contributed by atoms with E-state index in [4.69, 9.17) is 16.3 Å². The van der Waals surface area contributed by atoms with Crippen LogP contribution in [0.15, 0.2) is 25.0 Å². The molecule has 100 valence electrons. The predicted molar refractivity (Wildman–Crippen MR) is 67.3 cm³/mol. The van der Waals surface area contributed by atoms with Crippen LogP contribution >= 0.6 is 11.6 Å². The predicted octanol–water partition coefficient (Wildman–Crippen LogP) is 0.571. The summed E-state index contributed by atoms with van der Waals surface area (Å²) in [6, 6.07) is 0. The van der Waals surface area contributed by atoms with Crippen molar-refractivity contribution in [3.63, 3.8) is 0 Å². The van der Waals surface area contributed by atoms with E-state index < -0.39 is 0 Å². The molecule has 10 heteroatoms. The lowest BCUT2D eigenvalue weighted by atomic mass is 10.4. The van der Waals surface area contributed by atoms with E-state index in [1.165, 1.54) is 36.8 Å². The fourth-order valence-electron chi connectivity index (χ4n) is 1.49. The topological polar surface area (TPSA) is 104 Å². The summed E-state index contributed by atoms with van der Waals surface area (Å²) in [6.45, 7) is 0. The number of rotatable bonds is 3. The van der Waals surface area contributed by atoms with Gasteiger partial charge < -0.3 is 4.74 Å². The first-order valence-corrected chi connectivity index (χ1v) is 5.77. The van der Waals surface area contributed by atoms with Crippen LogP contribution in [0.4, 0.5) is 0 Å². The third-order valence-corrected chi connectivity index (χ3v) is 2.46. The van der Waals surface area contributed by atoms with Gasteiger partial charge in [-0.3, -0.25) is 0 Å². The highest BCUT2D eigenvalue weighted by Gasteiger charge is 2.15. The van der Waals surface area contributed by atoms with Crippen molar-refractivity contribution in [3.05, 3.63) is 30.3 Å². The molecule has 0 atom stereocenters. The second-order valence-corrected chi connectivity index (χ2v) is 3.82. The minimum absolute atomic E-state index is 0.00760. The molecule has 0 aliphatic rings. The molecule has 0 bridgehead atoms. The van der Waals surface area contributed by atoms with E-state index in [1.54, 1.807) is 0 Å². The summed E-state index contributed by atoms with van der Waals surface area (Å²) in [5.41, 5.74) is 0.362. The largest absolute Gasteiger partial charge is 0.479 e. The van der Waals surface area contributed by atoms with Crippen LogP contribution in [0.1, 0.15) is 0 Å². The van der Waals surface area contributed by atoms with Crippen LogP contribution in [0.3, 0.4) is 0 Å². The van der Waals surface area contributed by atoms with Crippen LogP contribution in [-0.4, -0.2) is 46.8 Å². The first-order valence-electron chi connectivity index (χ1n) is 5.40. The summed E-state index contributed by atoms with van der Waals surface area (Å²) in [7, 11) is 1.48. The summed E-state index contributed by atoms with van der Waals surface area (Å²) < 4.78 is 6.48. The summed E-state index contributed by atoms with van der Waals surface area (Å²) in [6.07, 6.45) is 5.82. The third kappa shape index (κ3) is 2.26. The molecule has 3 rings (SSSR count). The van der Waals surface area contributed by atoms with E-state index in [0.717, 1.165) is 0 Å². The zero-order chi connectivity index (χ0) is 13.9. The molecule has 3 aromatic heterocycles. The molecule has 0 saturated carbocycles. The van der Waals surface area contributed by atoms with E-state index in [1.807, 2.05) is 0 Å². The van der Waals surface area contributed by atoms with E-state index in [9.17, 15) is 0 Å². The van der Waals surface area contributed by atoms with E-state index in [-0.39, 0.29) is 17.1 Å². The van der Waals surface area contributed by atoms with Crippen LogP contribution in [0.2, 0.25) is 5.28 Å². The lowest BCUT2D eigenvalue weighted by Crippen LogP contribution is -2.06. The molecule has 0 radical (unpaired) electrons. The molecule has 20 heavy (non-hydrogen) atoms. The number of nitrogens with zero attached hydrogens (tertiary/aromatic N) is 8. The molecule has 0 aliphatic heterocycles. The maximum Gasteiger partial charge on any atom is 0.256 e. The molecule has 3 aromatic rings. The number of methoxy groups -OCH3 is 1. The van der Waals surface area contributed by atoms with Crippen LogP contribution in [0.5, 0.6) is 5.88 Å². The normalized spacial score (nSPS) is 10.5. The van der Waals surface area contributed by atoms with Crippen molar-refractivity contribution in [2.75, 3.05) is 7.11 Å². The van der Waals surface area contributed by atoms with Gasteiger partial charge in [0.2, 0.25) is 11.2 Å². The Kier molecular flexibility index (Phi) is 3.17. The molecular weight excluding hydrogens is 284 g/mol. The fraction of sp³-hybridized carbons (Fsp3) is 0.100. The molecule has 3 heterocycles. The van der Waals surface area contributed by atoms with Crippen molar-refractivity contribution < 1.29 is 4.74 Å². The lowest BCUT2D eigenvalue weighted by molar-refractivity contribution is 0.397. The van der Waals surface area contributed by atoms with Gasteiger partial charge in [-0.05, 0) is 11.6 Å². The van der Waals surface area contributed by atoms with Crippen LogP contribution < -0.4 is 4.74 Å². The van der Waals surface area contributed by atoms with Gasteiger partial charge in [0.05, 0.1) is 7.11 Å². The van der Waals surface area contributed by atoms with Crippen molar-refractivity contribution in [1.29, 1.82) is 0 Å². The molecule has 9 nitrogen and oxygen atoms in total. The Hall–Kier alpha value is -2.68. The third-order valence-electron chi connectivity index (χ3n) is 2.29. The summed E-state index contributed by atoms with van der Waals surface area (Å²) in [5.74, 6) is 0.755. The van der Waals surface area contributed by atoms with Crippen molar-refractivity contribution in [2.24, 2.45) is 0 Å². The van der Waals surface area contributed by atoms with Crippen molar-refractivity contribution in [2.45, 2.75) is 0 Å². The Morgan fingerprint density at radius 3 is 2.75 bits per heavy atom. The molecule has 0 fully saturated rings. The second kappa shape index (κ2) is 5.13. The number of aromatic nitrogens is 8. The molecule has 0 aliphatic carbocycles. The van der Waals surface area contributed by atoms with Gasteiger partial charge in [0.1, 0.15) is 12.7 Å². The monoisotopic (exact) mass is 290 g/mol. The maximum atomic E-state index is 5.90. The van der Waals surface area contributed by atoms with Gasteiger partial charge >= 0.3 is 0 Å². The van der Waals surface area contributed by atoms with Gasteiger partial charge in [0.25, 0.3) is 5.95 Å². The Balaban J connectivity index is 2.15. The van der Waals surface area contributed by atoms with Crippen molar-refractivity contribution in [3.8, 4) is 23.3 Å². The Bertz CT molecular complexity index is 732. The second-order valence-electron chi connectivity index (χ2n) is 3.48. The Morgan fingerprint density at radius 1 is 1.15 bits per heavy atom. The first-order chi connectivity index (χ1) is 9.78. The van der Waals surface area contributed by atoms with Gasteiger partial charge in [-0.15, -0.1) is 0 Å². The minimum atomic E-state index is 0.00760. The molecule has 0 unspecified atom stereocenters. The quantitative estimate of drug-likeness (QED) is 0.689.